The molecule has 0 amide bonds. The van der Waals surface area contributed by atoms with Gasteiger partial charge in [0.25, 0.3) is 0 Å². The Morgan fingerprint density at radius 3 is 1.30 bits per heavy atom. The first-order valence-electron chi connectivity index (χ1n) is 12.2. The first-order chi connectivity index (χ1) is 16.0. The second kappa shape index (κ2) is 9.25. The molecule has 1 saturated heterocycles. The van der Waals surface area contributed by atoms with Gasteiger partial charge in [0.2, 0.25) is 0 Å². The zero-order valence-corrected chi connectivity index (χ0v) is 18.8. The van der Waals surface area contributed by atoms with Gasteiger partial charge in [-0.15, -0.1) is 6.58 Å². The second-order valence-corrected chi connectivity index (χ2v) is 9.96. The monoisotopic (exact) mass is 458 g/mol. The number of halogens is 4. The molecule has 5 rings (SSSR count). The molecule has 1 atom stereocenters. The van der Waals surface area contributed by atoms with Gasteiger partial charge in [0.05, 0.1) is 6.61 Å². The molecule has 0 aromatic heterocycles. The Hall–Kier alpha value is -2.14. The molecule has 0 radical (unpaired) electrons. The molecule has 2 aromatic carbocycles. The topological polar surface area (TPSA) is 12.5 Å². The molecule has 1 unspecified atom stereocenters. The maximum Gasteiger partial charge on any atom is 0.165 e. The Kier molecular flexibility index (Phi) is 6.34. The van der Waals surface area contributed by atoms with E-state index in [1.807, 2.05) is 6.08 Å². The lowest BCUT2D eigenvalue weighted by Gasteiger charge is -2.31. The highest BCUT2D eigenvalue weighted by Crippen LogP contribution is 2.45. The standard InChI is InChI=1S/C28H30F4O/c1-2-16-3-5-17(6-4-16)20-11-12-21(26(30)25(20)29)18-7-9-19(10-8-18)22-13-14-23(24-15-33-24)28(32)27(22)31/h2,11-14,16-19,24H,1,3-10,15H2. The van der Waals surface area contributed by atoms with Crippen molar-refractivity contribution in [1.82, 2.24) is 0 Å². The highest BCUT2D eigenvalue weighted by atomic mass is 19.2. The minimum absolute atomic E-state index is 0.0577. The molecule has 0 spiro atoms. The third kappa shape index (κ3) is 4.37. The highest BCUT2D eigenvalue weighted by molar-refractivity contribution is 5.34. The second-order valence-electron chi connectivity index (χ2n) is 9.96. The van der Waals surface area contributed by atoms with Gasteiger partial charge in [-0.3, -0.25) is 0 Å². The number of hydrogen-bond donors (Lipinski definition) is 0. The van der Waals surface area contributed by atoms with E-state index in [4.69, 9.17) is 4.74 Å². The molecule has 3 fully saturated rings. The van der Waals surface area contributed by atoms with Crippen LogP contribution in [0.3, 0.4) is 0 Å². The Morgan fingerprint density at radius 2 is 0.939 bits per heavy atom. The van der Waals surface area contributed by atoms with Gasteiger partial charge in [-0.25, -0.2) is 17.6 Å². The number of epoxide rings is 1. The zero-order valence-electron chi connectivity index (χ0n) is 18.8. The minimum Gasteiger partial charge on any atom is -0.368 e. The fraction of sp³-hybridized carbons (Fsp3) is 0.500. The van der Waals surface area contributed by atoms with Gasteiger partial charge in [-0.05, 0) is 91.7 Å². The molecule has 1 aliphatic heterocycles. The van der Waals surface area contributed by atoms with Gasteiger partial charge in [0.15, 0.2) is 23.3 Å². The van der Waals surface area contributed by atoms with Gasteiger partial charge in [0, 0.05) is 5.56 Å². The Bertz CT molecular complexity index is 1030. The smallest absolute Gasteiger partial charge is 0.165 e. The Balaban J connectivity index is 1.27. The van der Waals surface area contributed by atoms with Crippen molar-refractivity contribution in [3.8, 4) is 0 Å². The van der Waals surface area contributed by atoms with E-state index < -0.39 is 23.3 Å². The fourth-order valence-corrected chi connectivity index (χ4v) is 5.96. The van der Waals surface area contributed by atoms with Crippen LogP contribution in [-0.2, 0) is 4.74 Å². The Morgan fingerprint density at radius 1 is 0.606 bits per heavy atom. The van der Waals surface area contributed by atoms with Crippen LogP contribution in [0.25, 0.3) is 0 Å². The number of rotatable bonds is 5. The molecule has 1 heterocycles. The summed E-state index contributed by atoms with van der Waals surface area (Å²) < 4.78 is 64.3. The lowest BCUT2D eigenvalue weighted by Crippen LogP contribution is -2.17. The van der Waals surface area contributed by atoms with Crippen molar-refractivity contribution in [3.63, 3.8) is 0 Å². The van der Waals surface area contributed by atoms with Crippen molar-refractivity contribution in [2.75, 3.05) is 6.61 Å². The number of benzene rings is 2. The third-order valence-electron chi connectivity index (χ3n) is 8.12. The summed E-state index contributed by atoms with van der Waals surface area (Å²) in [6, 6.07) is 6.81. The average Bonchev–Trinajstić information content (AvgIpc) is 3.68. The third-order valence-corrected chi connectivity index (χ3v) is 8.12. The van der Waals surface area contributed by atoms with Gasteiger partial charge >= 0.3 is 0 Å². The van der Waals surface area contributed by atoms with Crippen LogP contribution >= 0.6 is 0 Å². The van der Waals surface area contributed by atoms with Gasteiger partial charge in [-0.1, -0.05) is 30.3 Å². The average molecular weight is 459 g/mol. The molecular formula is C28H30F4O. The lowest BCUT2D eigenvalue weighted by atomic mass is 9.74. The summed E-state index contributed by atoms with van der Waals surface area (Å²) in [6.07, 6.45) is 7.75. The Labute approximate surface area is 192 Å². The van der Waals surface area contributed by atoms with E-state index in [0.717, 1.165) is 25.7 Å². The SMILES string of the molecule is C=CC1CCC(c2ccc(C3CCC(c4ccc(C5CO5)c(F)c4F)CC3)c(F)c2F)CC1. The van der Waals surface area contributed by atoms with Crippen LogP contribution in [0, 0.1) is 29.2 Å². The van der Waals surface area contributed by atoms with E-state index in [9.17, 15) is 8.78 Å². The number of allylic oxidation sites excluding steroid dienone is 1. The van der Waals surface area contributed by atoms with Crippen molar-refractivity contribution >= 4 is 0 Å². The molecule has 1 nitrogen and oxygen atoms in total. The normalized spacial score (nSPS) is 29.6. The van der Waals surface area contributed by atoms with E-state index in [1.54, 1.807) is 24.3 Å². The summed E-state index contributed by atoms with van der Waals surface area (Å²) in [5.74, 6) is -2.73. The molecule has 3 aliphatic rings. The van der Waals surface area contributed by atoms with Crippen molar-refractivity contribution in [1.29, 1.82) is 0 Å². The first kappa shape index (κ1) is 22.6. The predicted molar refractivity (Wildman–Crippen MR) is 120 cm³/mol. The molecular weight excluding hydrogens is 428 g/mol. The van der Waals surface area contributed by atoms with Crippen LogP contribution in [0.15, 0.2) is 36.9 Å². The van der Waals surface area contributed by atoms with Crippen LogP contribution in [-0.4, -0.2) is 6.61 Å². The fourth-order valence-electron chi connectivity index (χ4n) is 5.96. The highest BCUT2D eigenvalue weighted by Gasteiger charge is 2.33. The van der Waals surface area contributed by atoms with Gasteiger partial charge in [-0.2, -0.15) is 0 Å². The van der Waals surface area contributed by atoms with Gasteiger partial charge in [0.1, 0.15) is 6.10 Å². The molecule has 2 aromatic rings. The van der Waals surface area contributed by atoms with Crippen molar-refractivity contribution < 1.29 is 22.3 Å². The van der Waals surface area contributed by atoms with Gasteiger partial charge < -0.3 is 4.74 Å². The molecule has 2 saturated carbocycles. The first-order valence-corrected chi connectivity index (χ1v) is 12.2. The summed E-state index contributed by atoms with van der Waals surface area (Å²) in [4.78, 5) is 0. The summed E-state index contributed by atoms with van der Waals surface area (Å²) in [5.41, 5.74) is 1.57. The van der Waals surface area contributed by atoms with Crippen LogP contribution in [0.2, 0.25) is 0 Å². The van der Waals surface area contributed by atoms with Crippen molar-refractivity contribution in [2.45, 2.75) is 75.2 Å². The van der Waals surface area contributed by atoms with E-state index >= 15 is 8.78 Å². The van der Waals surface area contributed by atoms with E-state index in [2.05, 4.69) is 6.58 Å². The van der Waals surface area contributed by atoms with Crippen LogP contribution in [0.1, 0.15) is 97.5 Å². The summed E-state index contributed by atoms with van der Waals surface area (Å²) in [7, 11) is 0. The van der Waals surface area contributed by atoms with Crippen molar-refractivity contribution in [2.24, 2.45) is 5.92 Å². The minimum atomic E-state index is -0.817. The maximum absolute atomic E-state index is 15.1. The van der Waals surface area contributed by atoms with E-state index in [0.29, 0.717) is 54.9 Å². The molecule has 0 N–H and O–H groups in total. The van der Waals surface area contributed by atoms with E-state index in [-0.39, 0.29) is 29.4 Å². The molecule has 33 heavy (non-hydrogen) atoms. The number of ether oxygens (including phenoxy) is 1. The summed E-state index contributed by atoms with van der Waals surface area (Å²) in [5, 5.41) is 0. The zero-order chi connectivity index (χ0) is 23.1. The van der Waals surface area contributed by atoms with Crippen molar-refractivity contribution in [3.05, 3.63) is 82.4 Å². The molecule has 176 valence electrons. The largest absolute Gasteiger partial charge is 0.368 e. The quantitative estimate of drug-likeness (QED) is 0.250. The molecule has 5 heteroatoms. The molecule has 2 aliphatic carbocycles. The lowest BCUT2D eigenvalue weighted by molar-refractivity contribution is 0.355. The summed E-state index contributed by atoms with van der Waals surface area (Å²) in [6.45, 7) is 4.27. The molecule has 0 bridgehead atoms. The van der Waals surface area contributed by atoms with Crippen LogP contribution in [0.5, 0.6) is 0 Å². The van der Waals surface area contributed by atoms with E-state index in [1.165, 1.54) is 0 Å². The maximum atomic E-state index is 15.1. The number of hydrogen-bond acceptors (Lipinski definition) is 1. The van der Waals surface area contributed by atoms with Crippen LogP contribution in [0.4, 0.5) is 17.6 Å². The van der Waals surface area contributed by atoms with Crippen LogP contribution < -0.4 is 0 Å². The predicted octanol–water partition coefficient (Wildman–Crippen LogP) is 8.22. The summed E-state index contributed by atoms with van der Waals surface area (Å²) >= 11 is 0.